The molecule has 2 atom stereocenters. The van der Waals surface area contributed by atoms with Gasteiger partial charge in [0.15, 0.2) is 0 Å². The van der Waals surface area contributed by atoms with E-state index < -0.39 is 11.9 Å². The molecule has 2 aliphatic rings. The van der Waals surface area contributed by atoms with Crippen LogP contribution < -0.4 is 10.4 Å². The van der Waals surface area contributed by atoms with Gasteiger partial charge in [-0.3, -0.25) is 4.79 Å². The van der Waals surface area contributed by atoms with Crippen LogP contribution in [-0.2, 0) is 9.59 Å². The minimum Gasteiger partial charge on any atom is -0.550 e. The molecule has 0 heterocycles. The molecular formula is C14H22NO3-. The maximum absolute atomic E-state index is 12.2. The van der Waals surface area contributed by atoms with Crippen molar-refractivity contribution in [1.29, 1.82) is 0 Å². The lowest BCUT2D eigenvalue weighted by molar-refractivity contribution is -0.314. The molecular weight excluding hydrogens is 230 g/mol. The minimum absolute atomic E-state index is 0.0594. The lowest BCUT2D eigenvalue weighted by atomic mass is 9.78. The number of amides is 1. The van der Waals surface area contributed by atoms with Crippen LogP contribution in [0, 0.1) is 11.8 Å². The smallest absolute Gasteiger partial charge is 0.223 e. The van der Waals surface area contributed by atoms with Crippen molar-refractivity contribution in [2.24, 2.45) is 11.8 Å². The van der Waals surface area contributed by atoms with Gasteiger partial charge in [-0.05, 0) is 25.7 Å². The highest BCUT2D eigenvalue weighted by atomic mass is 16.4. The molecule has 2 rings (SSSR count). The normalized spacial score (nSPS) is 29.8. The Kier molecular flexibility index (Phi) is 4.61. The molecule has 0 bridgehead atoms. The SMILES string of the molecule is O=C(NC1CCCCC1)[C@H]1CCCC[C@H]1C(=O)[O-]. The van der Waals surface area contributed by atoms with E-state index in [1.165, 1.54) is 19.3 Å². The second kappa shape index (κ2) is 6.21. The van der Waals surface area contributed by atoms with Crippen molar-refractivity contribution in [2.75, 3.05) is 0 Å². The molecule has 4 heteroatoms. The van der Waals surface area contributed by atoms with E-state index in [-0.39, 0.29) is 17.9 Å². The Morgan fingerprint density at radius 2 is 1.39 bits per heavy atom. The van der Waals surface area contributed by atoms with E-state index in [1.807, 2.05) is 0 Å². The number of carbonyl (C=O) groups excluding carboxylic acids is 2. The van der Waals surface area contributed by atoms with Gasteiger partial charge in [-0.2, -0.15) is 0 Å². The van der Waals surface area contributed by atoms with Crippen molar-refractivity contribution in [3.63, 3.8) is 0 Å². The average Bonchev–Trinajstić information content (AvgIpc) is 2.40. The topological polar surface area (TPSA) is 69.2 Å². The summed E-state index contributed by atoms with van der Waals surface area (Å²) in [7, 11) is 0. The molecule has 0 spiro atoms. The number of aliphatic carboxylic acids is 1. The monoisotopic (exact) mass is 252 g/mol. The summed E-state index contributed by atoms with van der Waals surface area (Å²) in [4.78, 5) is 23.2. The number of carboxylic acids is 1. The lowest BCUT2D eigenvalue weighted by Gasteiger charge is -2.33. The zero-order chi connectivity index (χ0) is 13.0. The molecule has 0 aromatic rings. The largest absolute Gasteiger partial charge is 0.550 e. The maximum Gasteiger partial charge on any atom is 0.223 e. The third kappa shape index (κ3) is 3.24. The van der Waals surface area contributed by atoms with Gasteiger partial charge in [0.25, 0.3) is 0 Å². The Labute approximate surface area is 108 Å². The Bertz CT molecular complexity index is 310. The number of rotatable bonds is 3. The molecule has 0 aliphatic heterocycles. The summed E-state index contributed by atoms with van der Waals surface area (Å²) in [6, 6.07) is 0.260. The van der Waals surface area contributed by atoms with Gasteiger partial charge in [-0.15, -0.1) is 0 Å². The van der Waals surface area contributed by atoms with Gasteiger partial charge >= 0.3 is 0 Å². The molecule has 4 nitrogen and oxygen atoms in total. The van der Waals surface area contributed by atoms with Crippen LogP contribution >= 0.6 is 0 Å². The van der Waals surface area contributed by atoms with Gasteiger partial charge in [0.1, 0.15) is 0 Å². The predicted octanol–water partition coefficient (Wildman–Crippen LogP) is 0.992. The fourth-order valence-corrected chi connectivity index (χ4v) is 3.28. The predicted molar refractivity (Wildman–Crippen MR) is 65.5 cm³/mol. The first-order valence-corrected chi connectivity index (χ1v) is 7.19. The second-order valence-electron chi connectivity index (χ2n) is 5.66. The Balaban J connectivity index is 1.91. The average molecular weight is 252 g/mol. The van der Waals surface area contributed by atoms with Gasteiger partial charge < -0.3 is 15.2 Å². The van der Waals surface area contributed by atoms with Crippen LogP contribution in [0.5, 0.6) is 0 Å². The summed E-state index contributed by atoms with van der Waals surface area (Å²) in [5, 5.41) is 14.1. The van der Waals surface area contributed by atoms with Crippen LogP contribution in [0.3, 0.4) is 0 Å². The van der Waals surface area contributed by atoms with E-state index in [2.05, 4.69) is 5.32 Å². The summed E-state index contributed by atoms with van der Waals surface area (Å²) >= 11 is 0. The van der Waals surface area contributed by atoms with Crippen molar-refractivity contribution in [3.8, 4) is 0 Å². The van der Waals surface area contributed by atoms with E-state index in [1.54, 1.807) is 0 Å². The Morgan fingerprint density at radius 3 is 2.00 bits per heavy atom. The first-order valence-electron chi connectivity index (χ1n) is 7.19. The summed E-state index contributed by atoms with van der Waals surface area (Å²) in [5.41, 5.74) is 0. The summed E-state index contributed by atoms with van der Waals surface area (Å²) < 4.78 is 0. The molecule has 1 amide bonds. The quantitative estimate of drug-likeness (QED) is 0.814. The van der Waals surface area contributed by atoms with E-state index in [0.717, 1.165) is 25.7 Å². The Morgan fingerprint density at radius 1 is 0.833 bits per heavy atom. The minimum atomic E-state index is -1.06. The highest BCUT2D eigenvalue weighted by Gasteiger charge is 2.32. The number of hydrogen-bond donors (Lipinski definition) is 1. The van der Waals surface area contributed by atoms with Crippen molar-refractivity contribution >= 4 is 11.9 Å². The number of nitrogens with one attached hydrogen (secondary N) is 1. The van der Waals surface area contributed by atoms with E-state index in [9.17, 15) is 14.7 Å². The highest BCUT2D eigenvalue weighted by molar-refractivity contribution is 5.84. The summed E-state index contributed by atoms with van der Waals surface area (Å²) in [6.45, 7) is 0. The van der Waals surface area contributed by atoms with Gasteiger partial charge in [0.2, 0.25) is 5.91 Å². The highest BCUT2D eigenvalue weighted by Crippen LogP contribution is 2.30. The first-order chi connectivity index (χ1) is 8.68. The molecule has 18 heavy (non-hydrogen) atoms. The molecule has 2 aliphatic carbocycles. The first kappa shape index (κ1) is 13.4. The van der Waals surface area contributed by atoms with E-state index in [4.69, 9.17) is 0 Å². The van der Waals surface area contributed by atoms with Gasteiger partial charge in [-0.1, -0.05) is 32.1 Å². The fourth-order valence-electron chi connectivity index (χ4n) is 3.28. The molecule has 102 valence electrons. The third-order valence-electron chi connectivity index (χ3n) is 4.36. The van der Waals surface area contributed by atoms with Crippen LogP contribution in [0.4, 0.5) is 0 Å². The van der Waals surface area contributed by atoms with Crippen molar-refractivity contribution < 1.29 is 14.7 Å². The third-order valence-corrected chi connectivity index (χ3v) is 4.36. The van der Waals surface area contributed by atoms with E-state index in [0.29, 0.717) is 12.8 Å². The van der Waals surface area contributed by atoms with Gasteiger partial charge in [-0.25, -0.2) is 0 Å². The van der Waals surface area contributed by atoms with Crippen molar-refractivity contribution in [1.82, 2.24) is 5.32 Å². The maximum atomic E-state index is 12.2. The lowest BCUT2D eigenvalue weighted by Crippen LogP contribution is -2.47. The molecule has 0 aromatic heterocycles. The number of carboxylic acid groups (broad SMARTS) is 1. The van der Waals surface area contributed by atoms with Crippen molar-refractivity contribution in [2.45, 2.75) is 63.8 Å². The van der Waals surface area contributed by atoms with Crippen molar-refractivity contribution in [3.05, 3.63) is 0 Å². The van der Waals surface area contributed by atoms with Crippen LogP contribution in [-0.4, -0.2) is 17.9 Å². The second-order valence-corrected chi connectivity index (χ2v) is 5.66. The molecule has 2 fully saturated rings. The summed E-state index contributed by atoms with van der Waals surface area (Å²) in [6.07, 6.45) is 8.78. The van der Waals surface area contributed by atoms with Crippen LogP contribution in [0.2, 0.25) is 0 Å². The number of carbonyl (C=O) groups is 2. The van der Waals surface area contributed by atoms with Crippen LogP contribution in [0.25, 0.3) is 0 Å². The summed E-state index contributed by atoms with van der Waals surface area (Å²) in [5.74, 6) is -2.07. The fraction of sp³-hybridized carbons (Fsp3) is 0.857. The zero-order valence-corrected chi connectivity index (χ0v) is 10.8. The molecule has 1 N–H and O–H groups in total. The van der Waals surface area contributed by atoms with Gasteiger partial charge in [0.05, 0.1) is 0 Å². The zero-order valence-electron chi connectivity index (χ0n) is 10.8. The van der Waals surface area contributed by atoms with Gasteiger partial charge in [0, 0.05) is 23.8 Å². The molecule has 0 aromatic carbocycles. The number of hydrogen-bond acceptors (Lipinski definition) is 3. The molecule has 0 saturated heterocycles. The Hall–Kier alpha value is -1.06. The molecule has 0 unspecified atom stereocenters. The van der Waals surface area contributed by atoms with Crippen LogP contribution in [0.1, 0.15) is 57.8 Å². The van der Waals surface area contributed by atoms with Crippen LogP contribution in [0.15, 0.2) is 0 Å². The standard InChI is InChI=1S/C14H23NO3/c16-13(15-10-6-2-1-3-7-10)11-8-4-5-9-12(11)14(17)18/h10-12H,1-9H2,(H,15,16)(H,17,18)/p-1/t11-,12+/m0/s1. The van der Waals surface area contributed by atoms with E-state index >= 15 is 0 Å². The molecule has 2 saturated carbocycles. The molecule has 0 radical (unpaired) electrons.